The molecule has 1 aliphatic rings. The molecule has 2 heterocycles. The second-order valence-corrected chi connectivity index (χ2v) is 5.90. The predicted molar refractivity (Wildman–Crippen MR) is 74.3 cm³/mol. The molecule has 1 aliphatic carbocycles. The maximum atomic E-state index is 11.7. The molecule has 0 bridgehead atoms. The van der Waals surface area contributed by atoms with E-state index in [-0.39, 0.29) is 5.91 Å². The molecule has 5 heteroatoms. The molecule has 3 rings (SSSR count). The Labute approximate surface area is 115 Å². The van der Waals surface area contributed by atoms with Gasteiger partial charge in [0.25, 0.3) is 0 Å². The van der Waals surface area contributed by atoms with E-state index >= 15 is 0 Å². The van der Waals surface area contributed by atoms with Crippen molar-refractivity contribution in [3.63, 3.8) is 0 Å². The third-order valence-electron chi connectivity index (χ3n) is 3.43. The van der Waals surface area contributed by atoms with E-state index in [0.717, 1.165) is 17.4 Å². The molecule has 0 aliphatic heterocycles. The van der Waals surface area contributed by atoms with Gasteiger partial charge in [-0.1, -0.05) is 6.92 Å². The van der Waals surface area contributed by atoms with Crippen molar-refractivity contribution in [1.82, 2.24) is 4.98 Å². The number of thiazole rings is 1. The standard InChI is InChI=1S/C14H16N2O2S/c1-9-8-11(9)12-4-2-10(18-12)3-5-13(17)16-14-15-6-7-19-14/h2,4,6-7,9,11H,3,5,8H2,1H3,(H,15,16,17)/t9-,11+/m1/s1. The molecule has 2 aromatic heterocycles. The van der Waals surface area contributed by atoms with Crippen molar-refractivity contribution in [2.24, 2.45) is 5.92 Å². The van der Waals surface area contributed by atoms with E-state index < -0.39 is 0 Å². The number of nitrogens with zero attached hydrogens (tertiary/aromatic N) is 1. The van der Waals surface area contributed by atoms with Crippen LogP contribution in [0.1, 0.15) is 37.2 Å². The molecule has 2 atom stereocenters. The molecule has 0 spiro atoms. The molecule has 4 nitrogen and oxygen atoms in total. The molecule has 1 N–H and O–H groups in total. The highest BCUT2D eigenvalue weighted by molar-refractivity contribution is 7.13. The molecule has 1 amide bonds. The lowest BCUT2D eigenvalue weighted by molar-refractivity contribution is -0.116. The van der Waals surface area contributed by atoms with Crippen molar-refractivity contribution in [1.29, 1.82) is 0 Å². The smallest absolute Gasteiger partial charge is 0.226 e. The first-order valence-corrected chi connectivity index (χ1v) is 7.38. The molecule has 0 saturated heterocycles. The zero-order valence-electron chi connectivity index (χ0n) is 10.8. The summed E-state index contributed by atoms with van der Waals surface area (Å²) in [7, 11) is 0. The summed E-state index contributed by atoms with van der Waals surface area (Å²) in [5.41, 5.74) is 0. The Hall–Kier alpha value is -1.62. The number of aryl methyl sites for hydroxylation is 1. The molecular formula is C14H16N2O2S. The molecule has 19 heavy (non-hydrogen) atoms. The van der Waals surface area contributed by atoms with Crippen LogP contribution in [0.2, 0.25) is 0 Å². The van der Waals surface area contributed by atoms with Gasteiger partial charge in [-0.25, -0.2) is 4.98 Å². The fourth-order valence-corrected chi connectivity index (χ4v) is 2.70. The average molecular weight is 276 g/mol. The Bertz CT molecular complexity index is 562. The van der Waals surface area contributed by atoms with Crippen LogP contribution in [0.15, 0.2) is 28.1 Å². The summed E-state index contributed by atoms with van der Waals surface area (Å²) in [6.07, 6.45) is 3.96. The van der Waals surface area contributed by atoms with Crippen molar-refractivity contribution >= 4 is 22.4 Å². The minimum absolute atomic E-state index is 0.0207. The monoisotopic (exact) mass is 276 g/mol. The highest BCUT2D eigenvalue weighted by atomic mass is 32.1. The van der Waals surface area contributed by atoms with Crippen LogP contribution >= 0.6 is 11.3 Å². The van der Waals surface area contributed by atoms with Crippen LogP contribution in [-0.4, -0.2) is 10.9 Å². The maximum Gasteiger partial charge on any atom is 0.226 e. The van der Waals surface area contributed by atoms with E-state index in [1.807, 2.05) is 17.5 Å². The number of nitrogens with one attached hydrogen (secondary N) is 1. The van der Waals surface area contributed by atoms with Crippen molar-refractivity contribution in [3.05, 3.63) is 35.2 Å². The van der Waals surface area contributed by atoms with Gasteiger partial charge in [-0.3, -0.25) is 4.79 Å². The summed E-state index contributed by atoms with van der Waals surface area (Å²) in [5, 5.41) is 5.26. The molecule has 0 aromatic carbocycles. The lowest BCUT2D eigenvalue weighted by atomic mass is 10.2. The lowest BCUT2D eigenvalue weighted by Gasteiger charge is -2.00. The molecular weight excluding hydrogens is 260 g/mol. The highest BCUT2D eigenvalue weighted by Crippen LogP contribution is 2.47. The summed E-state index contributed by atoms with van der Waals surface area (Å²) >= 11 is 1.42. The van der Waals surface area contributed by atoms with Crippen LogP contribution < -0.4 is 5.32 Å². The quantitative estimate of drug-likeness (QED) is 0.910. The van der Waals surface area contributed by atoms with Crippen molar-refractivity contribution in [2.45, 2.75) is 32.1 Å². The summed E-state index contributed by atoms with van der Waals surface area (Å²) in [6.45, 7) is 2.23. The van der Waals surface area contributed by atoms with Gasteiger partial charge in [0.2, 0.25) is 5.91 Å². The predicted octanol–water partition coefficient (Wildman–Crippen LogP) is 3.43. The molecule has 1 fully saturated rings. The summed E-state index contributed by atoms with van der Waals surface area (Å²) in [5.74, 6) is 3.28. The number of furan rings is 1. The maximum absolute atomic E-state index is 11.7. The number of hydrogen-bond donors (Lipinski definition) is 1. The molecule has 100 valence electrons. The van der Waals surface area contributed by atoms with Crippen LogP contribution in [0.3, 0.4) is 0 Å². The van der Waals surface area contributed by atoms with Gasteiger partial charge in [-0.15, -0.1) is 11.3 Å². The largest absolute Gasteiger partial charge is 0.466 e. The molecule has 2 aromatic rings. The second-order valence-electron chi connectivity index (χ2n) is 5.01. The van der Waals surface area contributed by atoms with Crippen LogP contribution in [0.5, 0.6) is 0 Å². The Morgan fingerprint density at radius 1 is 1.58 bits per heavy atom. The van der Waals surface area contributed by atoms with Gasteiger partial charge in [0.1, 0.15) is 11.5 Å². The first kappa shape index (κ1) is 12.4. The number of aromatic nitrogens is 1. The Morgan fingerprint density at radius 3 is 3.11 bits per heavy atom. The van der Waals surface area contributed by atoms with Gasteiger partial charge in [0.05, 0.1) is 0 Å². The second kappa shape index (κ2) is 5.17. The lowest BCUT2D eigenvalue weighted by Crippen LogP contribution is -2.11. The van der Waals surface area contributed by atoms with Crippen molar-refractivity contribution in [2.75, 3.05) is 5.32 Å². The fraction of sp³-hybridized carbons (Fsp3) is 0.429. The Morgan fingerprint density at radius 2 is 2.42 bits per heavy atom. The van der Waals surface area contributed by atoms with Gasteiger partial charge in [0, 0.05) is 30.3 Å². The van der Waals surface area contributed by atoms with E-state index in [1.165, 1.54) is 17.8 Å². The van der Waals surface area contributed by atoms with Crippen molar-refractivity contribution in [3.8, 4) is 0 Å². The third kappa shape index (κ3) is 3.04. The van der Waals surface area contributed by atoms with Gasteiger partial charge in [-0.2, -0.15) is 0 Å². The van der Waals surface area contributed by atoms with Crippen molar-refractivity contribution < 1.29 is 9.21 Å². The van der Waals surface area contributed by atoms with Gasteiger partial charge in [0.15, 0.2) is 5.13 Å². The van der Waals surface area contributed by atoms with E-state index in [1.54, 1.807) is 6.20 Å². The normalized spacial score (nSPS) is 21.3. The summed E-state index contributed by atoms with van der Waals surface area (Å²) < 4.78 is 5.77. The van der Waals surface area contributed by atoms with E-state index in [0.29, 0.717) is 23.9 Å². The molecule has 0 unspecified atom stereocenters. The SMILES string of the molecule is C[C@@H]1C[C@@H]1c1ccc(CCC(=O)Nc2nccs2)o1. The minimum atomic E-state index is -0.0207. The summed E-state index contributed by atoms with van der Waals surface area (Å²) in [6, 6.07) is 4.03. The van der Waals surface area contributed by atoms with Crippen LogP contribution in [-0.2, 0) is 11.2 Å². The van der Waals surface area contributed by atoms with Gasteiger partial charge in [-0.05, 0) is 24.5 Å². The minimum Gasteiger partial charge on any atom is -0.466 e. The zero-order valence-corrected chi connectivity index (χ0v) is 11.6. The number of rotatable bonds is 5. The van der Waals surface area contributed by atoms with E-state index in [9.17, 15) is 4.79 Å². The highest BCUT2D eigenvalue weighted by Gasteiger charge is 2.36. The number of carbonyl (C=O) groups excluding carboxylic acids is 1. The number of hydrogen-bond acceptors (Lipinski definition) is 4. The topological polar surface area (TPSA) is 55.1 Å². The molecule has 1 saturated carbocycles. The van der Waals surface area contributed by atoms with Crippen LogP contribution in [0.4, 0.5) is 5.13 Å². The Balaban J connectivity index is 1.49. The average Bonchev–Trinajstić information content (AvgIpc) is 2.87. The molecule has 0 radical (unpaired) electrons. The first-order valence-electron chi connectivity index (χ1n) is 6.50. The third-order valence-corrected chi connectivity index (χ3v) is 4.12. The Kier molecular flexibility index (Phi) is 3.38. The number of anilines is 1. The van der Waals surface area contributed by atoms with Crippen LogP contribution in [0, 0.1) is 5.92 Å². The summed E-state index contributed by atoms with van der Waals surface area (Å²) in [4.78, 5) is 15.7. The zero-order chi connectivity index (χ0) is 13.2. The van der Waals surface area contributed by atoms with E-state index in [2.05, 4.69) is 17.2 Å². The first-order chi connectivity index (χ1) is 9.22. The number of carbonyl (C=O) groups is 1. The van der Waals surface area contributed by atoms with Crippen LogP contribution in [0.25, 0.3) is 0 Å². The van der Waals surface area contributed by atoms with Gasteiger partial charge < -0.3 is 9.73 Å². The van der Waals surface area contributed by atoms with E-state index in [4.69, 9.17) is 4.42 Å². The fourth-order valence-electron chi connectivity index (χ4n) is 2.15. The van der Waals surface area contributed by atoms with Gasteiger partial charge >= 0.3 is 0 Å². The number of amides is 1.